The van der Waals surface area contributed by atoms with E-state index in [9.17, 15) is 9.18 Å². The second-order valence-electron chi connectivity index (χ2n) is 8.86. The van der Waals surface area contributed by atoms with Gasteiger partial charge in [-0.1, -0.05) is 6.92 Å². The highest BCUT2D eigenvalue weighted by Gasteiger charge is 2.38. The molecular weight excluding hydrogens is 357 g/mol. The minimum atomic E-state index is -0.653. The summed E-state index contributed by atoms with van der Waals surface area (Å²) in [4.78, 5) is 17.8. The fourth-order valence-corrected chi connectivity index (χ4v) is 4.91. The van der Waals surface area contributed by atoms with Gasteiger partial charge in [0.25, 0.3) is 5.91 Å². The van der Waals surface area contributed by atoms with Gasteiger partial charge in [-0.05, 0) is 63.7 Å². The predicted molar refractivity (Wildman–Crippen MR) is 106 cm³/mol. The number of aryl methyl sites for hydroxylation is 1. The molecule has 1 aromatic carbocycles. The molecule has 0 atom stereocenters. The fourth-order valence-electron chi connectivity index (χ4n) is 4.91. The van der Waals surface area contributed by atoms with Crippen LogP contribution in [-0.2, 0) is 5.41 Å². The highest BCUT2D eigenvalue weighted by atomic mass is 19.1. The molecule has 2 aliphatic rings. The number of carbonyl (C=O) groups is 1. The summed E-state index contributed by atoms with van der Waals surface area (Å²) in [6.45, 7) is 7.71. The average molecular weight is 383 g/mol. The summed E-state index contributed by atoms with van der Waals surface area (Å²) in [6, 6.07) is 2.59. The molecule has 0 spiro atoms. The average Bonchev–Trinajstić information content (AvgIpc) is 3.30. The topological polar surface area (TPSA) is 79.4 Å². The highest BCUT2D eigenvalue weighted by Crippen LogP contribution is 2.41. The molecule has 148 valence electrons. The van der Waals surface area contributed by atoms with Crippen LogP contribution >= 0.6 is 0 Å². The van der Waals surface area contributed by atoms with Gasteiger partial charge >= 0.3 is 0 Å². The number of halogens is 1. The number of hydrogen-bond donors (Lipinski definition) is 2. The Labute approximate surface area is 162 Å². The summed E-state index contributed by atoms with van der Waals surface area (Å²) < 4.78 is 15.7. The first kappa shape index (κ1) is 17.7. The number of nitrogens with zero attached hydrogens (tertiary/aromatic N) is 3. The van der Waals surface area contributed by atoms with E-state index in [0.29, 0.717) is 11.0 Å². The van der Waals surface area contributed by atoms with Gasteiger partial charge in [-0.2, -0.15) is 5.10 Å². The number of imidazole rings is 1. The Balaban J connectivity index is 1.59. The van der Waals surface area contributed by atoms with Crippen molar-refractivity contribution in [1.29, 1.82) is 0 Å². The second-order valence-corrected chi connectivity index (χ2v) is 8.86. The van der Waals surface area contributed by atoms with Crippen molar-refractivity contribution in [2.75, 3.05) is 19.6 Å². The number of hydrogen-bond acceptors (Lipinski definition) is 3. The van der Waals surface area contributed by atoms with Crippen LogP contribution in [-0.4, -0.2) is 45.0 Å². The largest absolute Gasteiger partial charge is 0.366 e. The van der Waals surface area contributed by atoms with Gasteiger partial charge in [0.2, 0.25) is 0 Å². The number of fused-ring (bicyclic) bond motifs is 3. The molecule has 0 bridgehead atoms. The first-order valence-corrected chi connectivity index (χ1v) is 10.1. The van der Waals surface area contributed by atoms with Gasteiger partial charge in [-0.3, -0.25) is 4.79 Å². The molecule has 6 nitrogen and oxygen atoms in total. The van der Waals surface area contributed by atoms with Crippen molar-refractivity contribution >= 4 is 22.6 Å². The third kappa shape index (κ3) is 2.71. The van der Waals surface area contributed by atoms with Crippen molar-refractivity contribution in [1.82, 2.24) is 19.5 Å². The van der Waals surface area contributed by atoms with Crippen molar-refractivity contribution in [2.45, 2.75) is 44.9 Å². The Hall–Kier alpha value is -2.41. The normalized spacial score (nSPS) is 20.2. The number of nitrogens with two attached hydrogens (primary N) is 1. The molecular formula is C21H26FN5O. The maximum absolute atomic E-state index is 14.0. The van der Waals surface area contributed by atoms with E-state index in [4.69, 9.17) is 10.8 Å². The van der Waals surface area contributed by atoms with Gasteiger partial charge in [-0.25, -0.2) is 8.91 Å². The lowest BCUT2D eigenvalue weighted by molar-refractivity contribution is 0.100. The predicted octanol–water partition coefficient (Wildman–Crippen LogP) is 3.13. The first-order chi connectivity index (χ1) is 13.4. The van der Waals surface area contributed by atoms with Crippen LogP contribution in [0.1, 0.15) is 54.2 Å². The van der Waals surface area contributed by atoms with Crippen LogP contribution in [0.5, 0.6) is 0 Å². The molecule has 1 amide bonds. The lowest BCUT2D eigenvalue weighted by atomic mass is 9.74. The molecule has 2 aromatic heterocycles. The number of primary amides is 1. The number of carbonyl (C=O) groups excluding carboxylic acids is 1. The van der Waals surface area contributed by atoms with E-state index in [0.717, 1.165) is 43.2 Å². The standard InChI is InChI=1S/C21H26FN5O/c1-12-17(21(2)5-7-26(8-6-21)11-13-3-4-13)20-24-16-10-14(22)9-15(19(23)28)18(16)27(20)25-12/h9-10,13,24H,3-8,11H2,1-2H3,(H2,23,28). The number of aromatic amines is 1. The highest BCUT2D eigenvalue weighted by molar-refractivity contribution is 6.05. The van der Waals surface area contributed by atoms with Crippen molar-refractivity contribution in [3.8, 4) is 0 Å². The van der Waals surface area contributed by atoms with E-state index >= 15 is 0 Å². The van der Waals surface area contributed by atoms with Crippen molar-refractivity contribution in [3.05, 3.63) is 34.8 Å². The molecule has 1 aliphatic carbocycles. The molecule has 0 radical (unpaired) electrons. The zero-order valence-corrected chi connectivity index (χ0v) is 16.4. The smallest absolute Gasteiger partial charge is 0.251 e. The monoisotopic (exact) mass is 383 g/mol. The van der Waals surface area contributed by atoms with Gasteiger partial charge in [0, 0.05) is 17.5 Å². The van der Waals surface area contributed by atoms with Crippen LogP contribution in [0.2, 0.25) is 0 Å². The molecule has 2 fully saturated rings. The van der Waals surface area contributed by atoms with E-state index in [2.05, 4.69) is 16.8 Å². The number of benzene rings is 1. The molecule has 7 heteroatoms. The van der Waals surface area contributed by atoms with E-state index in [1.807, 2.05) is 6.92 Å². The molecule has 3 heterocycles. The quantitative estimate of drug-likeness (QED) is 0.726. The molecule has 3 aromatic rings. The number of piperidine rings is 1. The minimum absolute atomic E-state index is 0.00179. The number of H-pyrrole nitrogens is 1. The third-order valence-electron chi connectivity index (χ3n) is 6.64. The van der Waals surface area contributed by atoms with E-state index in [1.54, 1.807) is 4.52 Å². The summed E-state index contributed by atoms with van der Waals surface area (Å²) >= 11 is 0. The number of likely N-dealkylation sites (tertiary alicyclic amines) is 1. The Morgan fingerprint density at radius 3 is 2.71 bits per heavy atom. The van der Waals surface area contributed by atoms with Crippen molar-refractivity contribution in [2.24, 2.45) is 11.7 Å². The Kier molecular flexibility index (Phi) is 3.81. The van der Waals surface area contributed by atoms with E-state index < -0.39 is 11.7 Å². The van der Waals surface area contributed by atoms with Crippen LogP contribution < -0.4 is 5.73 Å². The first-order valence-electron chi connectivity index (χ1n) is 10.1. The van der Waals surface area contributed by atoms with Crippen LogP contribution in [0.3, 0.4) is 0 Å². The van der Waals surface area contributed by atoms with Crippen LogP contribution in [0.15, 0.2) is 12.1 Å². The molecule has 5 rings (SSSR count). The molecule has 1 aliphatic heterocycles. The Bertz CT molecular complexity index is 1090. The third-order valence-corrected chi connectivity index (χ3v) is 6.64. The SMILES string of the molecule is Cc1nn2c([nH]c3cc(F)cc(C(N)=O)c32)c1C1(C)CCN(CC2CC2)CC1. The van der Waals surface area contributed by atoms with Gasteiger partial charge in [0.15, 0.2) is 0 Å². The van der Waals surface area contributed by atoms with Crippen LogP contribution in [0.4, 0.5) is 4.39 Å². The molecule has 28 heavy (non-hydrogen) atoms. The molecule has 3 N–H and O–H groups in total. The summed E-state index contributed by atoms with van der Waals surface area (Å²) in [5, 5.41) is 4.71. The summed E-state index contributed by atoms with van der Waals surface area (Å²) in [5.74, 6) is -0.229. The van der Waals surface area contributed by atoms with Crippen molar-refractivity contribution < 1.29 is 9.18 Å². The van der Waals surface area contributed by atoms with Crippen LogP contribution in [0.25, 0.3) is 16.7 Å². The lowest BCUT2D eigenvalue weighted by Gasteiger charge is -2.39. The van der Waals surface area contributed by atoms with Gasteiger partial charge in [0.05, 0.1) is 16.8 Å². The van der Waals surface area contributed by atoms with E-state index in [-0.39, 0.29) is 11.0 Å². The van der Waals surface area contributed by atoms with Gasteiger partial charge in [-0.15, -0.1) is 0 Å². The Morgan fingerprint density at radius 2 is 2.07 bits per heavy atom. The summed E-state index contributed by atoms with van der Waals surface area (Å²) in [6.07, 6.45) is 4.89. The number of rotatable bonds is 4. The van der Waals surface area contributed by atoms with Crippen LogP contribution in [0, 0.1) is 18.7 Å². The number of nitrogens with one attached hydrogen (secondary N) is 1. The maximum atomic E-state index is 14.0. The zero-order chi connectivity index (χ0) is 19.6. The lowest BCUT2D eigenvalue weighted by Crippen LogP contribution is -2.42. The summed E-state index contributed by atoms with van der Waals surface area (Å²) in [7, 11) is 0. The Morgan fingerprint density at radius 1 is 1.36 bits per heavy atom. The van der Waals surface area contributed by atoms with Gasteiger partial charge < -0.3 is 15.6 Å². The number of aromatic nitrogens is 3. The maximum Gasteiger partial charge on any atom is 0.251 e. The van der Waals surface area contributed by atoms with E-state index in [1.165, 1.54) is 37.1 Å². The molecule has 1 saturated heterocycles. The fraction of sp³-hybridized carbons (Fsp3) is 0.524. The van der Waals surface area contributed by atoms with Crippen molar-refractivity contribution in [3.63, 3.8) is 0 Å². The zero-order valence-electron chi connectivity index (χ0n) is 16.4. The summed E-state index contributed by atoms with van der Waals surface area (Å²) in [5.41, 5.74) is 9.72. The second kappa shape index (κ2) is 6.04. The van der Waals surface area contributed by atoms with Gasteiger partial charge in [0.1, 0.15) is 17.0 Å². The molecule has 0 unspecified atom stereocenters. The molecule has 1 saturated carbocycles. The number of amides is 1. The minimum Gasteiger partial charge on any atom is -0.366 e.